The molecule has 0 saturated carbocycles. The highest BCUT2D eigenvalue weighted by molar-refractivity contribution is 5.35. The lowest BCUT2D eigenvalue weighted by Crippen LogP contribution is -2.28. The van der Waals surface area contributed by atoms with E-state index in [9.17, 15) is 0 Å². The van der Waals surface area contributed by atoms with Gasteiger partial charge in [-0.3, -0.25) is 0 Å². The Hall–Kier alpha value is -1.65. The smallest absolute Gasteiger partial charge is 0.0991 e. The zero-order valence-electron chi connectivity index (χ0n) is 11.8. The van der Waals surface area contributed by atoms with Gasteiger partial charge in [-0.25, -0.2) is 4.98 Å². The Morgan fingerprint density at radius 2 is 2.25 bits per heavy atom. The van der Waals surface area contributed by atoms with Crippen LogP contribution in [0.2, 0.25) is 0 Å². The van der Waals surface area contributed by atoms with Crippen molar-refractivity contribution in [2.75, 3.05) is 13.2 Å². The molecule has 1 saturated heterocycles. The highest BCUT2D eigenvalue weighted by Gasteiger charge is 2.16. The third kappa shape index (κ3) is 3.08. The Labute approximate surface area is 119 Å². The van der Waals surface area contributed by atoms with E-state index in [1.54, 1.807) is 6.20 Å². The van der Waals surface area contributed by atoms with Gasteiger partial charge in [-0.05, 0) is 37.5 Å². The lowest BCUT2D eigenvalue weighted by Gasteiger charge is -2.17. The zero-order valence-corrected chi connectivity index (χ0v) is 11.8. The predicted molar refractivity (Wildman–Crippen MR) is 79.0 cm³/mol. The summed E-state index contributed by atoms with van der Waals surface area (Å²) >= 11 is 0. The minimum atomic E-state index is 0.344. The van der Waals surface area contributed by atoms with Crippen molar-refractivity contribution in [1.82, 2.24) is 14.9 Å². The van der Waals surface area contributed by atoms with E-state index in [1.165, 1.54) is 18.4 Å². The Bertz CT molecular complexity index is 515. The molecule has 1 aliphatic rings. The molecule has 1 fully saturated rings. The van der Waals surface area contributed by atoms with Crippen molar-refractivity contribution in [3.63, 3.8) is 0 Å². The molecular weight excluding hydrogens is 250 g/mol. The van der Waals surface area contributed by atoms with Crippen LogP contribution < -0.4 is 5.32 Å². The third-order valence-corrected chi connectivity index (χ3v) is 3.87. The first-order chi connectivity index (χ1) is 9.83. The monoisotopic (exact) mass is 271 g/mol. The minimum Gasteiger partial charge on any atom is -0.377 e. The summed E-state index contributed by atoms with van der Waals surface area (Å²) in [6, 6.07) is 8.93. The van der Waals surface area contributed by atoms with Crippen LogP contribution in [0.15, 0.2) is 43.0 Å². The number of aromatic nitrogens is 2. The molecule has 2 heterocycles. The van der Waals surface area contributed by atoms with E-state index < -0.39 is 0 Å². The molecule has 4 nitrogen and oxygen atoms in total. The van der Waals surface area contributed by atoms with Crippen molar-refractivity contribution in [2.24, 2.45) is 0 Å². The quantitative estimate of drug-likeness (QED) is 0.908. The number of imidazole rings is 1. The molecule has 106 valence electrons. The van der Waals surface area contributed by atoms with Gasteiger partial charge in [0, 0.05) is 37.3 Å². The number of benzene rings is 1. The Morgan fingerprint density at radius 3 is 2.90 bits per heavy atom. The van der Waals surface area contributed by atoms with Crippen LogP contribution in [0.4, 0.5) is 0 Å². The van der Waals surface area contributed by atoms with Gasteiger partial charge in [0.1, 0.15) is 0 Å². The van der Waals surface area contributed by atoms with E-state index >= 15 is 0 Å². The molecule has 4 heteroatoms. The van der Waals surface area contributed by atoms with Gasteiger partial charge in [-0.15, -0.1) is 0 Å². The molecule has 3 rings (SSSR count). The number of rotatable bonds is 5. The fraction of sp³-hybridized carbons (Fsp3) is 0.438. The Kier molecular flexibility index (Phi) is 4.14. The first-order valence-corrected chi connectivity index (χ1v) is 7.26. The molecule has 1 aromatic carbocycles. The first-order valence-electron chi connectivity index (χ1n) is 7.26. The number of nitrogens with one attached hydrogen (secondary N) is 1. The third-order valence-electron chi connectivity index (χ3n) is 3.87. The maximum Gasteiger partial charge on any atom is 0.0991 e. The summed E-state index contributed by atoms with van der Waals surface area (Å²) < 4.78 is 7.64. The molecule has 2 unspecified atom stereocenters. The molecule has 0 amide bonds. The molecule has 2 aromatic rings. The molecule has 2 atom stereocenters. The second kappa shape index (κ2) is 6.20. The van der Waals surface area contributed by atoms with Gasteiger partial charge >= 0.3 is 0 Å². The van der Waals surface area contributed by atoms with Crippen molar-refractivity contribution < 1.29 is 4.74 Å². The predicted octanol–water partition coefficient (Wildman–Crippen LogP) is 2.70. The van der Waals surface area contributed by atoms with Gasteiger partial charge < -0.3 is 14.6 Å². The summed E-state index contributed by atoms with van der Waals surface area (Å²) in [6.45, 7) is 4.05. The summed E-state index contributed by atoms with van der Waals surface area (Å²) in [7, 11) is 0. The van der Waals surface area contributed by atoms with Crippen LogP contribution in [-0.4, -0.2) is 28.8 Å². The van der Waals surface area contributed by atoms with Crippen LogP contribution in [0.3, 0.4) is 0 Å². The van der Waals surface area contributed by atoms with Crippen molar-refractivity contribution in [3.05, 3.63) is 48.5 Å². The standard InChI is InChI=1S/C16H21N3O/c1-13(18-11-16-3-2-10-20-16)14-4-6-15(7-5-14)19-9-8-17-12-19/h4-9,12-13,16,18H,2-3,10-11H2,1H3. The van der Waals surface area contributed by atoms with Crippen LogP contribution in [-0.2, 0) is 4.74 Å². The molecule has 1 aromatic heterocycles. The van der Waals surface area contributed by atoms with Gasteiger partial charge in [-0.1, -0.05) is 12.1 Å². The van der Waals surface area contributed by atoms with Crippen LogP contribution in [0.1, 0.15) is 31.4 Å². The van der Waals surface area contributed by atoms with E-state index in [0.29, 0.717) is 12.1 Å². The summed E-state index contributed by atoms with van der Waals surface area (Å²) in [6.07, 6.45) is 8.32. The van der Waals surface area contributed by atoms with E-state index in [0.717, 1.165) is 18.8 Å². The number of ether oxygens (including phenoxy) is 1. The van der Waals surface area contributed by atoms with Crippen molar-refractivity contribution in [1.29, 1.82) is 0 Å². The molecule has 0 aliphatic carbocycles. The summed E-state index contributed by atoms with van der Waals surface area (Å²) in [5, 5.41) is 3.55. The van der Waals surface area contributed by atoms with Gasteiger partial charge in [0.15, 0.2) is 0 Å². The lowest BCUT2D eigenvalue weighted by molar-refractivity contribution is 0.108. The van der Waals surface area contributed by atoms with Gasteiger partial charge in [0.2, 0.25) is 0 Å². The molecular formula is C16H21N3O. The van der Waals surface area contributed by atoms with E-state index in [-0.39, 0.29) is 0 Å². The highest BCUT2D eigenvalue weighted by atomic mass is 16.5. The normalized spacial score (nSPS) is 20.1. The van der Waals surface area contributed by atoms with E-state index in [2.05, 4.69) is 41.5 Å². The van der Waals surface area contributed by atoms with Gasteiger partial charge in [0.05, 0.1) is 12.4 Å². The van der Waals surface area contributed by atoms with E-state index in [1.807, 2.05) is 17.1 Å². The zero-order chi connectivity index (χ0) is 13.8. The summed E-state index contributed by atoms with van der Waals surface area (Å²) in [5.41, 5.74) is 2.43. The largest absolute Gasteiger partial charge is 0.377 e. The molecule has 0 bridgehead atoms. The molecule has 0 spiro atoms. The van der Waals surface area contributed by atoms with Crippen molar-refractivity contribution in [3.8, 4) is 5.69 Å². The molecule has 20 heavy (non-hydrogen) atoms. The summed E-state index contributed by atoms with van der Waals surface area (Å²) in [5.74, 6) is 0. The molecule has 0 radical (unpaired) electrons. The average Bonchev–Trinajstić information content (AvgIpc) is 3.18. The fourth-order valence-electron chi connectivity index (χ4n) is 2.58. The van der Waals surface area contributed by atoms with Crippen molar-refractivity contribution >= 4 is 0 Å². The number of nitrogens with zero attached hydrogens (tertiary/aromatic N) is 2. The van der Waals surface area contributed by atoms with Gasteiger partial charge in [-0.2, -0.15) is 0 Å². The lowest BCUT2D eigenvalue weighted by atomic mass is 10.1. The Balaban J connectivity index is 1.59. The number of hydrogen-bond donors (Lipinski definition) is 1. The Morgan fingerprint density at radius 1 is 1.40 bits per heavy atom. The van der Waals surface area contributed by atoms with Crippen LogP contribution >= 0.6 is 0 Å². The minimum absolute atomic E-state index is 0.344. The van der Waals surface area contributed by atoms with Crippen LogP contribution in [0, 0.1) is 0 Å². The summed E-state index contributed by atoms with van der Waals surface area (Å²) in [4.78, 5) is 4.07. The van der Waals surface area contributed by atoms with Crippen LogP contribution in [0.25, 0.3) is 5.69 Å². The van der Waals surface area contributed by atoms with Crippen LogP contribution in [0.5, 0.6) is 0 Å². The maximum atomic E-state index is 5.63. The number of hydrogen-bond acceptors (Lipinski definition) is 3. The van der Waals surface area contributed by atoms with Crippen molar-refractivity contribution in [2.45, 2.75) is 31.9 Å². The van der Waals surface area contributed by atoms with Gasteiger partial charge in [0.25, 0.3) is 0 Å². The van der Waals surface area contributed by atoms with E-state index in [4.69, 9.17) is 4.74 Å². The molecule has 1 N–H and O–H groups in total. The molecule has 1 aliphatic heterocycles. The second-order valence-corrected chi connectivity index (χ2v) is 5.33. The average molecular weight is 271 g/mol. The first kappa shape index (κ1) is 13.3. The highest BCUT2D eigenvalue weighted by Crippen LogP contribution is 2.17. The maximum absolute atomic E-state index is 5.63. The second-order valence-electron chi connectivity index (χ2n) is 5.33. The SMILES string of the molecule is CC(NCC1CCCO1)c1ccc(-n2ccnc2)cc1. The topological polar surface area (TPSA) is 39.1 Å². The fourth-order valence-corrected chi connectivity index (χ4v) is 2.58.